The Morgan fingerprint density at radius 2 is 2.10 bits per heavy atom. The number of benzene rings is 1. The summed E-state index contributed by atoms with van der Waals surface area (Å²) in [7, 11) is 3.53. The highest BCUT2D eigenvalue weighted by atomic mass is 16.5. The first-order chi connectivity index (χ1) is 9.96. The number of esters is 1. The number of hydrogen-bond acceptors (Lipinski definition) is 4. The van der Waals surface area contributed by atoms with Gasteiger partial charge in [-0.25, -0.2) is 0 Å². The van der Waals surface area contributed by atoms with E-state index in [9.17, 15) is 4.79 Å². The normalized spacial score (nSPS) is 17.1. The van der Waals surface area contributed by atoms with Gasteiger partial charge < -0.3 is 9.64 Å². The molecular weight excluding hydrogens is 264 g/mol. The van der Waals surface area contributed by atoms with E-state index in [1.165, 1.54) is 18.4 Å². The summed E-state index contributed by atoms with van der Waals surface area (Å²) in [5.41, 5.74) is 1.85. The fourth-order valence-electron chi connectivity index (χ4n) is 2.64. The van der Waals surface area contributed by atoms with Crippen LogP contribution in [-0.2, 0) is 9.53 Å². The van der Waals surface area contributed by atoms with Crippen molar-refractivity contribution in [3.63, 3.8) is 0 Å². The van der Waals surface area contributed by atoms with Crippen LogP contribution in [0.4, 0.5) is 5.69 Å². The molecular formula is C17H26N2O2. The first-order valence-corrected chi connectivity index (χ1v) is 7.59. The molecule has 2 rings (SSSR count). The van der Waals surface area contributed by atoms with Crippen LogP contribution >= 0.6 is 0 Å². The second kappa shape index (κ2) is 6.48. The Morgan fingerprint density at radius 3 is 2.67 bits per heavy atom. The molecule has 1 atom stereocenters. The predicted molar refractivity (Wildman–Crippen MR) is 85.6 cm³/mol. The van der Waals surface area contributed by atoms with Crippen LogP contribution in [0.15, 0.2) is 24.3 Å². The number of carbonyl (C=O) groups excluding carboxylic acids is 1. The Bertz CT molecular complexity index is 499. The lowest BCUT2D eigenvalue weighted by Crippen LogP contribution is -2.52. The molecule has 4 heteroatoms. The predicted octanol–water partition coefficient (Wildman–Crippen LogP) is 2.51. The molecule has 21 heavy (non-hydrogen) atoms. The molecule has 0 saturated heterocycles. The summed E-state index contributed by atoms with van der Waals surface area (Å²) in [6.45, 7) is 4.85. The van der Waals surface area contributed by atoms with E-state index in [0.717, 1.165) is 25.8 Å². The smallest absolute Gasteiger partial charge is 0.325 e. The first kappa shape index (κ1) is 15.8. The van der Waals surface area contributed by atoms with Crippen molar-refractivity contribution in [3.05, 3.63) is 29.8 Å². The van der Waals surface area contributed by atoms with Crippen molar-refractivity contribution in [2.75, 3.05) is 25.6 Å². The van der Waals surface area contributed by atoms with Gasteiger partial charge in [-0.2, -0.15) is 0 Å². The third kappa shape index (κ3) is 3.97. The van der Waals surface area contributed by atoms with Crippen molar-refractivity contribution in [1.29, 1.82) is 0 Å². The highest BCUT2D eigenvalue weighted by molar-refractivity contribution is 5.80. The lowest BCUT2D eigenvalue weighted by atomic mass is 9.97. The van der Waals surface area contributed by atoms with Crippen LogP contribution in [0, 0.1) is 6.92 Å². The number of carbonyl (C=O) groups is 1. The van der Waals surface area contributed by atoms with Gasteiger partial charge in [-0.3, -0.25) is 10.1 Å². The monoisotopic (exact) mass is 290 g/mol. The number of ether oxygens (including phenoxy) is 1. The Labute approximate surface area is 127 Å². The summed E-state index contributed by atoms with van der Waals surface area (Å²) in [5, 5.41) is 3.44. The molecule has 1 aromatic carbocycles. The quantitative estimate of drug-likeness (QED) is 0.784. The van der Waals surface area contributed by atoms with Crippen molar-refractivity contribution < 1.29 is 9.53 Å². The Kier molecular flexibility index (Phi) is 4.88. The molecule has 0 radical (unpaired) electrons. The average molecular weight is 290 g/mol. The van der Waals surface area contributed by atoms with Gasteiger partial charge in [0.25, 0.3) is 0 Å². The number of nitrogens with zero attached hydrogens (tertiary/aromatic N) is 1. The first-order valence-electron chi connectivity index (χ1n) is 7.59. The topological polar surface area (TPSA) is 41.6 Å². The van der Waals surface area contributed by atoms with Gasteiger partial charge in [0, 0.05) is 25.3 Å². The summed E-state index contributed by atoms with van der Waals surface area (Å²) in [6.07, 6.45) is 3.03. The molecule has 116 valence electrons. The molecule has 1 aliphatic rings. The van der Waals surface area contributed by atoms with E-state index in [1.807, 2.05) is 19.1 Å². The zero-order chi connectivity index (χ0) is 15.5. The second-order valence-corrected chi connectivity index (χ2v) is 6.20. The number of methoxy groups -OCH3 is 1. The van der Waals surface area contributed by atoms with E-state index in [2.05, 4.69) is 36.3 Å². The van der Waals surface area contributed by atoms with Gasteiger partial charge in [0.2, 0.25) is 0 Å². The van der Waals surface area contributed by atoms with Gasteiger partial charge in [-0.1, -0.05) is 18.2 Å². The number of hydrogen-bond donors (Lipinski definition) is 1. The maximum absolute atomic E-state index is 12.1. The largest absolute Gasteiger partial charge is 0.468 e. The minimum atomic E-state index is -0.604. The summed E-state index contributed by atoms with van der Waals surface area (Å²) >= 11 is 0. The van der Waals surface area contributed by atoms with E-state index in [1.54, 1.807) is 0 Å². The minimum absolute atomic E-state index is 0.174. The van der Waals surface area contributed by atoms with Gasteiger partial charge in [0.1, 0.15) is 5.54 Å². The SMILES string of the molecule is COC(=O)C(C)(CCN(C)c1ccccc1C)NC1CC1. The number of nitrogens with one attached hydrogen (secondary N) is 1. The van der Waals surface area contributed by atoms with Gasteiger partial charge in [-0.15, -0.1) is 0 Å². The van der Waals surface area contributed by atoms with Crippen molar-refractivity contribution in [3.8, 4) is 0 Å². The van der Waals surface area contributed by atoms with Crippen LogP contribution in [0.1, 0.15) is 31.7 Å². The molecule has 0 heterocycles. The van der Waals surface area contributed by atoms with Gasteiger partial charge in [-0.05, 0) is 44.7 Å². The van der Waals surface area contributed by atoms with Crippen molar-refractivity contribution in [2.24, 2.45) is 0 Å². The number of rotatable bonds is 7. The molecule has 0 aromatic heterocycles. The minimum Gasteiger partial charge on any atom is -0.468 e. The average Bonchev–Trinajstić information content (AvgIpc) is 3.28. The standard InChI is InChI=1S/C17H26N2O2/c1-13-7-5-6-8-15(13)19(3)12-11-17(2,16(20)21-4)18-14-9-10-14/h5-8,14,18H,9-12H2,1-4H3. The van der Waals surface area contributed by atoms with E-state index < -0.39 is 5.54 Å². The van der Waals surface area contributed by atoms with E-state index in [4.69, 9.17) is 4.74 Å². The van der Waals surface area contributed by atoms with Crippen LogP contribution in [0.3, 0.4) is 0 Å². The molecule has 1 fully saturated rings. The summed E-state index contributed by atoms with van der Waals surface area (Å²) in [6, 6.07) is 8.77. The zero-order valence-corrected chi connectivity index (χ0v) is 13.5. The molecule has 1 aliphatic carbocycles. The number of aryl methyl sites for hydroxylation is 1. The van der Waals surface area contributed by atoms with E-state index >= 15 is 0 Å². The maximum Gasteiger partial charge on any atom is 0.325 e. The number of anilines is 1. The Morgan fingerprint density at radius 1 is 1.43 bits per heavy atom. The lowest BCUT2D eigenvalue weighted by Gasteiger charge is -2.31. The fraction of sp³-hybridized carbons (Fsp3) is 0.588. The van der Waals surface area contributed by atoms with Crippen LogP contribution in [0.2, 0.25) is 0 Å². The van der Waals surface area contributed by atoms with Gasteiger partial charge >= 0.3 is 5.97 Å². The van der Waals surface area contributed by atoms with Crippen LogP contribution in [0.5, 0.6) is 0 Å². The summed E-state index contributed by atoms with van der Waals surface area (Å²) in [5.74, 6) is -0.174. The molecule has 1 N–H and O–H groups in total. The summed E-state index contributed by atoms with van der Waals surface area (Å²) < 4.78 is 4.99. The summed E-state index contributed by atoms with van der Waals surface area (Å²) in [4.78, 5) is 14.3. The second-order valence-electron chi connectivity index (χ2n) is 6.20. The third-order valence-corrected chi connectivity index (χ3v) is 4.21. The lowest BCUT2D eigenvalue weighted by molar-refractivity contribution is -0.148. The van der Waals surface area contributed by atoms with Crippen molar-refractivity contribution in [2.45, 2.75) is 44.7 Å². The highest BCUT2D eigenvalue weighted by Gasteiger charge is 2.39. The zero-order valence-electron chi connectivity index (χ0n) is 13.5. The Balaban J connectivity index is 2.00. The van der Waals surface area contributed by atoms with Crippen LogP contribution < -0.4 is 10.2 Å². The van der Waals surface area contributed by atoms with E-state index in [0.29, 0.717) is 6.04 Å². The molecule has 0 spiro atoms. The van der Waals surface area contributed by atoms with E-state index in [-0.39, 0.29) is 5.97 Å². The number of para-hydroxylation sites is 1. The third-order valence-electron chi connectivity index (χ3n) is 4.21. The molecule has 1 saturated carbocycles. The molecule has 4 nitrogen and oxygen atoms in total. The van der Waals surface area contributed by atoms with Crippen molar-refractivity contribution >= 4 is 11.7 Å². The highest BCUT2D eigenvalue weighted by Crippen LogP contribution is 2.26. The van der Waals surface area contributed by atoms with Crippen LogP contribution in [-0.4, -0.2) is 38.3 Å². The molecule has 1 aromatic rings. The molecule has 0 aliphatic heterocycles. The molecule has 0 amide bonds. The van der Waals surface area contributed by atoms with Crippen molar-refractivity contribution in [1.82, 2.24) is 5.32 Å². The van der Waals surface area contributed by atoms with Gasteiger partial charge in [0.05, 0.1) is 7.11 Å². The molecule has 0 bridgehead atoms. The van der Waals surface area contributed by atoms with Crippen LogP contribution in [0.25, 0.3) is 0 Å². The van der Waals surface area contributed by atoms with Gasteiger partial charge in [0.15, 0.2) is 0 Å². The fourth-order valence-corrected chi connectivity index (χ4v) is 2.64. The molecule has 1 unspecified atom stereocenters. The maximum atomic E-state index is 12.1. The Hall–Kier alpha value is -1.55.